The Labute approximate surface area is 162 Å². The van der Waals surface area contributed by atoms with Gasteiger partial charge in [0.25, 0.3) is 11.8 Å². The molecule has 2 saturated heterocycles. The lowest BCUT2D eigenvalue weighted by Gasteiger charge is -2.23. The summed E-state index contributed by atoms with van der Waals surface area (Å²) in [6, 6.07) is 1.34. The monoisotopic (exact) mass is 389 g/mol. The maximum Gasteiger partial charge on any atom is 0.276 e. The fraction of sp³-hybridized carbons (Fsp3) is 0.611. The average Bonchev–Trinajstić information content (AvgIpc) is 3.44. The Balaban J connectivity index is 1.47. The minimum atomic E-state index is -1.09. The molecule has 0 N–H and O–H groups in total. The zero-order valence-electron chi connectivity index (χ0n) is 16.1. The van der Waals surface area contributed by atoms with E-state index in [0.29, 0.717) is 5.69 Å². The number of aromatic nitrogens is 5. The first kappa shape index (κ1) is 18.6. The van der Waals surface area contributed by atoms with Crippen molar-refractivity contribution in [2.75, 3.05) is 19.6 Å². The van der Waals surface area contributed by atoms with E-state index in [0.717, 1.165) is 31.6 Å². The van der Waals surface area contributed by atoms with E-state index in [9.17, 15) is 14.0 Å². The van der Waals surface area contributed by atoms with E-state index in [2.05, 4.69) is 15.4 Å². The van der Waals surface area contributed by atoms with Crippen LogP contribution in [0.2, 0.25) is 0 Å². The zero-order chi connectivity index (χ0) is 19.8. The fourth-order valence-electron chi connectivity index (χ4n) is 3.88. The van der Waals surface area contributed by atoms with Gasteiger partial charge in [0.1, 0.15) is 6.17 Å². The normalized spacial score (nSPS) is 22.2. The molecule has 0 unspecified atom stereocenters. The van der Waals surface area contributed by atoms with Crippen LogP contribution in [0.1, 0.15) is 45.9 Å². The molecule has 2 fully saturated rings. The Kier molecular flexibility index (Phi) is 4.86. The van der Waals surface area contributed by atoms with E-state index >= 15 is 0 Å². The predicted molar refractivity (Wildman–Crippen MR) is 97.4 cm³/mol. The first-order valence-electron chi connectivity index (χ1n) is 9.57. The predicted octanol–water partition coefficient (Wildman–Crippen LogP) is 0.809. The second kappa shape index (κ2) is 7.33. The molecule has 0 radical (unpaired) electrons. The summed E-state index contributed by atoms with van der Waals surface area (Å²) in [5.74, 6) is -0.419. The summed E-state index contributed by atoms with van der Waals surface area (Å²) in [7, 11) is 1.76. The largest absolute Gasteiger partial charge is 0.337 e. The number of halogens is 1. The van der Waals surface area contributed by atoms with Crippen LogP contribution in [0.5, 0.6) is 0 Å². The molecule has 2 aromatic rings. The van der Waals surface area contributed by atoms with Crippen LogP contribution in [0.3, 0.4) is 0 Å². The first-order chi connectivity index (χ1) is 13.4. The molecule has 0 aliphatic carbocycles. The second-order valence-corrected chi connectivity index (χ2v) is 7.56. The summed E-state index contributed by atoms with van der Waals surface area (Å²) < 4.78 is 17.2. The Hall–Kier alpha value is -2.78. The molecule has 2 aromatic heterocycles. The van der Waals surface area contributed by atoms with Crippen LogP contribution in [-0.2, 0) is 13.6 Å². The summed E-state index contributed by atoms with van der Waals surface area (Å²) in [5, 5.41) is 12.2. The van der Waals surface area contributed by atoms with Crippen molar-refractivity contribution in [1.29, 1.82) is 0 Å². The van der Waals surface area contributed by atoms with E-state index in [-0.39, 0.29) is 43.1 Å². The van der Waals surface area contributed by atoms with Crippen LogP contribution in [0.4, 0.5) is 4.39 Å². The van der Waals surface area contributed by atoms with Gasteiger partial charge in [-0.3, -0.25) is 14.3 Å². The van der Waals surface area contributed by atoms with Crippen molar-refractivity contribution >= 4 is 11.8 Å². The van der Waals surface area contributed by atoms with Gasteiger partial charge in [-0.25, -0.2) is 9.07 Å². The van der Waals surface area contributed by atoms with Crippen LogP contribution in [0, 0.1) is 6.92 Å². The molecule has 0 aromatic carbocycles. The number of carbonyl (C=O) groups is 2. The van der Waals surface area contributed by atoms with Gasteiger partial charge in [0.2, 0.25) is 0 Å². The van der Waals surface area contributed by atoms with Crippen molar-refractivity contribution in [3.05, 3.63) is 29.3 Å². The molecule has 2 amide bonds. The third kappa shape index (κ3) is 3.50. The number of aryl methyl sites for hydroxylation is 2. The molecule has 28 heavy (non-hydrogen) atoms. The molecule has 0 saturated carbocycles. The highest BCUT2D eigenvalue weighted by Gasteiger charge is 2.37. The molecule has 0 spiro atoms. The number of hydrogen-bond donors (Lipinski definition) is 0. The van der Waals surface area contributed by atoms with Crippen molar-refractivity contribution in [2.45, 2.75) is 44.9 Å². The van der Waals surface area contributed by atoms with Crippen LogP contribution in [0.25, 0.3) is 0 Å². The summed E-state index contributed by atoms with van der Waals surface area (Å²) in [6.45, 7) is 3.66. The lowest BCUT2D eigenvalue weighted by Crippen LogP contribution is -2.38. The van der Waals surface area contributed by atoms with E-state index in [1.165, 1.54) is 9.58 Å². The maximum absolute atomic E-state index is 14.1. The van der Waals surface area contributed by atoms with Gasteiger partial charge in [0.05, 0.1) is 25.3 Å². The van der Waals surface area contributed by atoms with E-state index < -0.39 is 6.17 Å². The Morgan fingerprint density at radius 3 is 2.64 bits per heavy atom. The number of amides is 2. The van der Waals surface area contributed by atoms with Gasteiger partial charge in [-0.05, 0) is 25.8 Å². The molecular formula is C18H24FN7O2. The number of carbonyl (C=O) groups excluding carboxylic acids is 2. The molecular weight excluding hydrogens is 365 g/mol. The maximum atomic E-state index is 14.1. The minimum Gasteiger partial charge on any atom is -0.337 e. The summed E-state index contributed by atoms with van der Waals surface area (Å²) in [5.41, 5.74) is 1.45. The van der Waals surface area contributed by atoms with Gasteiger partial charge in [-0.1, -0.05) is 5.21 Å². The van der Waals surface area contributed by atoms with E-state index in [1.807, 2.05) is 6.92 Å². The van der Waals surface area contributed by atoms with Crippen LogP contribution >= 0.6 is 0 Å². The van der Waals surface area contributed by atoms with Gasteiger partial charge in [-0.15, -0.1) is 5.10 Å². The minimum absolute atomic E-state index is 0.0351. The topological polar surface area (TPSA) is 89.2 Å². The molecule has 2 atom stereocenters. The number of hydrogen-bond acceptors (Lipinski definition) is 5. The standard InChI is InChI=1S/C18H24FN7O2/c1-12-7-15(21-23(12)2)18(28)26-9-13(19)8-14(26)10-25-11-16(20-22-25)17(27)24-5-3-4-6-24/h7,11,13-14H,3-6,8-10H2,1-2H3/t13-,14-/m0/s1. The van der Waals surface area contributed by atoms with Gasteiger partial charge < -0.3 is 9.80 Å². The smallest absolute Gasteiger partial charge is 0.276 e. The summed E-state index contributed by atoms with van der Waals surface area (Å²) >= 11 is 0. The number of alkyl halides is 1. The lowest BCUT2D eigenvalue weighted by atomic mass is 10.2. The Morgan fingerprint density at radius 2 is 1.96 bits per heavy atom. The number of rotatable bonds is 4. The van der Waals surface area contributed by atoms with Gasteiger partial charge >= 0.3 is 0 Å². The number of likely N-dealkylation sites (tertiary alicyclic amines) is 2. The summed E-state index contributed by atoms with van der Waals surface area (Å²) in [4.78, 5) is 28.5. The third-order valence-corrected chi connectivity index (χ3v) is 5.51. The van der Waals surface area contributed by atoms with Gasteiger partial charge in [0, 0.05) is 32.3 Å². The molecule has 150 valence electrons. The quantitative estimate of drug-likeness (QED) is 0.772. The Bertz CT molecular complexity index is 867. The highest BCUT2D eigenvalue weighted by atomic mass is 19.1. The summed E-state index contributed by atoms with van der Waals surface area (Å²) in [6.07, 6.45) is 2.73. The van der Waals surface area contributed by atoms with Crippen molar-refractivity contribution in [1.82, 2.24) is 34.6 Å². The highest BCUT2D eigenvalue weighted by molar-refractivity contribution is 5.93. The molecule has 0 bridgehead atoms. The number of nitrogens with zero attached hydrogens (tertiary/aromatic N) is 7. The molecule has 9 nitrogen and oxygen atoms in total. The average molecular weight is 389 g/mol. The van der Waals surface area contributed by atoms with Gasteiger partial charge in [-0.2, -0.15) is 5.10 Å². The van der Waals surface area contributed by atoms with Crippen molar-refractivity contribution in [3.63, 3.8) is 0 Å². The van der Waals surface area contributed by atoms with Crippen molar-refractivity contribution in [2.24, 2.45) is 7.05 Å². The third-order valence-electron chi connectivity index (χ3n) is 5.51. The lowest BCUT2D eigenvalue weighted by molar-refractivity contribution is 0.0706. The van der Waals surface area contributed by atoms with Crippen LogP contribution < -0.4 is 0 Å². The highest BCUT2D eigenvalue weighted by Crippen LogP contribution is 2.24. The molecule has 10 heteroatoms. The molecule has 2 aliphatic heterocycles. The first-order valence-corrected chi connectivity index (χ1v) is 9.57. The van der Waals surface area contributed by atoms with Crippen LogP contribution in [-0.4, -0.2) is 78.2 Å². The fourth-order valence-corrected chi connectivity index (χ4v) is 3.88. The zero-order valence-corrected chi connectivity index (χ0v) is 16.1. The van der Waals surface area contributed by atoms with Gasteiger partial charge in [0.15, 0.2) is 11.4 Å². The van der Waals surface area contributed by atoms with E-state index in [1.54, 1.807) is 28.9 Å². The Morgan fingerprint density at radius 1 is 1.21 bits per heavy atom. The second-order valence-electron chi connectivity index (χ2n) is 7.56. The van der Waals surface area contributed by atoms with Crippen LogP contribution in [0.15, 0.2) is 12.3 Å². The molecule has 2 aliphatic rings. The molecule has 4 heterocycles. The van der Waals surface area contributed by atoms with Crippen molar-refractivity contribution in [3.8, 4) is 0 Å². The van der Waals surface area contributed by atoms with Crippen molar-refractivity contribution < 1.29 is 14.0 Å². The van der Waals surface area contributed by atoms with E-state index in [4.69, 9.17) is 0 Å². The molecule has 4 rings (SSSR count). The SMILES string of the molecule is Cc1cc(C(=O)N2C[C@@H](F)C[C@H]2Cn2cc(C(=O)N3CCCC3)nn2)nn1C.